The second-order valence-corrected chi connectivity index (χ2v) is 8.55. The highest BCUT2D eigenvalue weighted by Crippen LogP contribution is 2.39. The maximum atomic E-state index is 13.9. The zero-order valence-electron chi connectivity index (χ0n) is 18.4. The number of methoxy groups -OCH3 is 1. The number of hydrogen-bond acceptors (Lipinski definition) is 5. The van der Waals surface area contributed by atoms with Gasteiger partial charge in [-0.05, 0) is 55.7 Å². The van der Waals surface area contributed by atoms with E-state index >= 15 is 0 Å². The Morgan fingerprint density at radius 2 is 1.88 bits per heavy atom. The molecule has 1 aromatic carbocycles. The van der Waals surface area contributed by atoms with Crippen molar-refractivity contribution in [2.75, 3.05) is 12.0 Å². The number of anilines is 1. The van der Waals surface area contributed by atoms with Gasteiger partial charge in [-0.25, -0.2) is 0 Å². The van der Waals surface area contributed by atoms with Gasteiger partial charge in [0.2, 0.25) is 5.54 Å². The van der Waals surface area contributed by atoms with Crippen LogP contribution in [0.4, 0.5) is 5.69 Å². The number of benzene rings is 1. The van der Waals surface area contributed by atoms with Gasteiger partial charge >= 0.3 is 0 Å². The normalized spacial score (nSPS) is 22.4. The monoisotopic (exact) mass is 436 g/mol. The van der Waals surface area contributed by atoms with Crippen molar-refractivity contribution < 1.29 is 19.1 Å². The molecule has 2 aliphatic rings. The fraction of sp³-hybridized carbons (Fsp3) is 0.417. The molecule has 1 atom stereocenters. The van der Waals surface area contributed by atoms with Crippen molar-refractivity contribution in [1.29, 1.82) is 0 Å². The van der Waals surface area contributed by atoms with Gasteiger partial charge in [0, 0.05) is 24.6 Å². The van der Waals surface area contributed by atoms with Crippen LogP contribution in [0.5, 0.6) is 5.75 Å². The molecule has 2 heterocycles. The lowest BCUT2D eigenvalue weighted by Crippen LogP contribution is -2.79. The van der Waals surface area contributed by atoms with Crippen LogP contribution in [0.15, 0.2) is 48.8 Å². The lowest BCUT2D eigenvalue weighted by atomic mass is 9.76. The lowest BCUT2D eigenvalue weighted by molar-refractivity contribution is -0.149. The van der Waals surface area contributed by atoms with Crippen molar-refractivity contribution in [3.8, 4) is 5.75 Å². The molecule has 2 fully saturated rings. The van der Waals surface area contributed by atoms with Crippen molar-refractivity contribution in [3.05, 3.63) is 54.4 Å². The number of pyridine rings is 1. The number of hydrogen-bond donors (Lipinski definition) is 2. The molecule has 8 nitrogen and oxygen atoms in total. The number of carbonyl (C=O) groups is 3. The summed E-state index contributed by atoms with van der Waals surface area (Å²) in [7, 11) is 1.56. The van der Waals surface area contributed by atoms with Gasteiger partial charge in [0.15, 0.2) is 0 Å². The first kappa shape index (κ1) is 21.8. The molecule has 32 heavy (non-hydrogen) atoms. The summed E-state index contributed by atoms with van der Waals surface area (Å²) >= 11 is 0. The van der Waals surface area contributed by atoms with Gasteiger partial charge in [-0.15, -0.1) is 0 Å². The molecule has 1 unspecified atom stereocenters. The van der Waals surface area contributed by atoms with E-state index in [0.717, 1.165) is 24.8 Å². The highest BCUT2D eigenvalue weighted by molar-refractivity contribution is 6.23. The zero-order valence-corrected chi connectivity index (χ0v) is 18.4. The Bertz CT molecular complexity index is 1000. The Morgan fingerprint density at radius 3 is 2.50 bits per heavy atom. The van der Waals surface area contributed by atoms with Crippen molar-refractivity contribution in [2.24, 2.45) is 0 Å². The first-order valence-electron chi connectivity index (χ1n) is 10.9. The molecular weight excluding hydrogens is 408 g/mol. The standard InChI is InChI=1S/C24H28N4O4/c1-23(20(29)26-16-17-7-6-14-25-15-17)21(30)27-24(12-4-3-5-13-24)22(31)28(23)18-8-10-19(32-2)11-9-18/h6-11,14-15H,3-5,12-13,16H2,1-2H3,(H,26,29)(H,27,30). The summed E-state index contributed by atoms with van der Waals surface area (Å²) < 4.78 is 5.23. The molecule has 2 aromatic rings. The topological polar surface area (TPSA) is 101 Å². The molecule has 0 radical (unpaired) electrons. The van der Waals surface area contributed by atoms with Gasteiger partial charge in [-0.2, -0.15) is 0 Å². The van der Waals surface area contributed by atoms with Gasteiger partial charge in [0.05, 0.1) is 7.11 Å². The van der Waals surface area contributed by atoms with Crippen LogP contribution in [-0.2, 0) is 20.9 Å². The third kappa shape index (κ3) is 3.70. The minimum atomic E-state index is -1.74. The second kappa shape index (κ2) is 8.61. The minimum absolute atomic E-state index is 0.200. The van der Waals surface area contributed by atoms with Crippen LogP contribution < -0.4 is 20.3 Å². The quantitative estimate of drug-likeness (QED) is 0.701. The highest BCUT2D eigenvalue weighted by Gasteiger charge is 2.60. The van der Waals surface area contributed by atoms with Crippen LogP contribution in [0.2, 0.25) is 0 Å². The smallest absolute Gasteiger partial charge is 0.256 e. The fourth-order valence-corrected chi connectivity index (χ4v) is 4.57. The lowest BCUT2D eigenvalue weighted by Gasteiger charge is -2.51. The van der Waals surface area contributed by atoms with E-state index in [-0.39, 0.29) is 12.5 Å². The van der Waals surface area contributed by atoms with E-state index in [1.165, 1.54) is 11.8 Å². The van der Waals surface area contributed by atoms with E-state index in [1.54, 1.807) is 49.8 Å². The minimum Gasteiger partial charge on any atom is -0.497 e. The van der Waals surface area contributed by atoms with Gasteiger partial charge in [-0.3, -0.25) is 24.3 Å². The number of ether oxygens (including phenoxy) is 1. The molecule has 1 saturated heterocycles. The van der Waals surface area contributed by atoms with E-state index in [4.69, 9.17) is 4.74 Å². The molecule has 4 rings (SSSR count). The van der Waals surface area contributed by atoms with Crippen LogP contribution in [0.3, 0.4) is 0 Å². The maximum Gasteiger partial charge on any atom is 0.256 e. The van der Waals surface area contributed by atoms with Crippen LogP contribution >= 0.6 is 0 Å². The summed E-state index contributed by atoms with van der Waals surface area (Å²) in [5, 5.41) is 5.76. The van der Waals surface area contributed by atoms with Crippen LogP contribution in [-0.4, -0.2) is 40.9 Å². The van der Waals surface area contributed by atoms with Crippen molar-refractivity contribution >= 4 is 23.4 Å². The number of nitrogens with one attached hydrogen (secondary N) is 2. The largest absolute Gasteiger partial charge is 0.497 e. The molecule has 1 aromatic heterocycles. The van der Waals surface area contributed by atoms with Crippen molar-refractivity contribution in [3.63, 3.8) is 0 Å². The molecule has 3 amide bonds. The summed E-state index contributed by atoms with van der Waals surface area (Å²) in [5.41, 5.74) is -1.43. The van der Waals surface area contributed by atoms with E-state index in [0.29, 0.717) is 24.3 Å². The molecule has 0 bridgehead atoms. The van der Waals surface area contributed by atoms with E-state index in [9.17, 15) is 14.4 Å². The van der Waals surface area contributed by atoms with Crippen molar-refractivity contribution in [1.82, 2.24) is 15.6 Å². The van der Waals surface area contributed by atoms with Crippen LogP contribution in [0.25, 0.3) is 0 Å². The molecule has 168 valence electrons. The van der Waals surface area contributed by atoms with Gasteiger partial charge in [0.1, 0.15) is 11.3 Å². The molecule has 1 saturated carbocycles. The molecule has 8 heteroatoms. The summed E-state index contributed by atoms with van der Waals surface area (Å²) in [6.45, 7) is 1.70. The average Bonchev–Trinajstić information content (AvgIpc) is 2.83. The Kier molecular flexibility index (Phi) is 5.86. The zero-order chi connectivity index (χ0) is 22.8. The summed E-state index contributed by atoms with van der Waals surface area (Å²) in [6.07, 6.45) is 7.16. The molecule has 1 aliphatic heterocycles. The number of nitrogens with zero attached hydrogens (tertiary/aromatic N) is 2. The third-order valence-corrected chi connectivity index (χ3v) is 6.51. The molecule has 1 aliphatic carbocycles. The summed E-state index contributed by atoms with van der Waals surface area (Å²) in [5.74, 6) is -0.647. The molecule has 2 N–H and O–H groups in total. The number of rotatable bonds is 5. The van der Waals surface area contributed by atoms with Crippen LogP contribution in [0.1, 0.15) is 44.6 Å². The molecule has 1 spiro atoms. The number of aromatic nitrogens is 1. The SMILES string of the molecule is COc1ccc(N2C(=O)C3(CCCCC3)NC(=O)C2(C)C(=O)NCc2cccnc2)cc1. The van der Waals surface area contributed by atoms with E-state index in [1.807, 2.05) is 6.07 Å². The number of piperazine rings is 1. The first-order valence-corrected chi connectivity index (χ1v) is 10.9. The summed E-state index contributed by atoms with van der Waals surface area (Å²) in [6, 6.07) is 10.5. The van der Waals surface area contributed by atoms with E-state index < -0.39 is 22.9 Å². The summed E-state index contributed by atoms with van der Waals surface area (Å²) in [4.78, 5) is 46.2. The van der Waals surface area contributed by atoms with Gasteiger partial charge < -0.3 is 15.4 Å². The highest BCUT2D eigenvalue weighted by atomic mass is 16.5. The Morgan fingerprint density at radius 1 is 1.16 bits per heavy atom. The van der Waals surface area contributed by atoms with Crippen LogP contribution in [0, 0.1) is 0 Å². The van der Waals surface area contributed by atoms with E-state index in [2.05, 4.69) is 15.6 Å². The Labute approximate surface area is 187 Å². The number of amides is 3. The molecular formula is C24H28N4O4. The Hall–Kier alpha value is -3.42. The Balaban J connectivity index is 1.71. The maximum absolute atomic E-state index is 13.9. The average molecular weight is 437 g/mol. The van der Waals surface area contributed by atoms with Gasteiger partial charge in [-0.1, -0.05) is 25.3 Å². The number of carbonyl (C=O) groups excluding carboxylic acids is 3. The third-order valence-electron chi connectivity index (χ3n) is 6.51. The van der Waals surface area contributed by atoms with Crippen molar-refractivity contribution in [2.45, 2.75) is 56.7 Å². The second-order valence-electron chi connectivity index (χ2n) is 8.55. The predicted molar refractivity (Wildman–Crippen MR) is 119 cm³/mol. The predicted octanol–water partition coefficient (Wildman–Crippen LogP) is 2.33. The first-order chi connectivity index (χ1) is 15.4. The fourth-order valence-electron chi connectivity index (χ4n) is 4.57. The van der Waals surface area contributed by atoms with Gasteiger partial charge in [0.25, 0.3) is 17.7 Å².